The highest BCUT2D eigenvalue weighted by Crippen LogP contribution is 2.16. The Morgan fingerprint density at radius 1 is 1.17 bits per heavy atom. The number of hydrogen-bond acceptors (Lipinski definition) is 4. The van der Waals surface area contributed by atoms with Crippen molar-refractivity contribution in [2.75, 3.05) is 39.1 Å². The molecule has 0 radical (unpaired) electrons. The molecule has 1 unspecified atom stereocenters. The number of quaternary nitrogens is 1. The van der Waals surface area contributed by atoms with Crippen molar-refractivity contribution in [3.8, 4) is 5.75 Å². The van der Waals surface area contributed by atoms with E-state index in [2.05, 4.69) is 16.0 Å². The summed E-state index contributed by atoms with van der Waals surface area (Å²) in [6.07, 6.45) is 0.789. The Morgan fingerprint density at radius 3 is 2.54 bits per heavy atom. The molecule has 1 rings (SSSR count). The van der Waals surface area contributed by atoms with Crippen LogP contribution in [0.3, 0.4) is 0 Å². The van der Waals surface area contributed by atoms with Crippen LogP contribution in [-0.4, -0.2) is 51.6 Å². The van der Waals surface area contributed by atoms with Gasteiger partial charge in [-0.3, -0.25) is 14.9 Å². The second-order valence-corrected chi connectivity index (χ2v) is 5.39. The molecule has 0 aliphatic rings. The molecule has 4 N–H and O–H groups in total. The largest absolute Gasteiger partial charge is 0.497 e. The van der Waals surface area contributed by atoms with Crippen LogP contribution in [-0.2, 0) is 9.59 Å². The van der Waals surface area contributed by atoms with Gasteiger partial charge in [-0.2, -0.15) is 0 Å². The van der Waals surface area contributed by atoms with E-state index < -0.39 is 11.9 Å². The summed E-state index contributed by atoms with van der Waals surface area (Å²) >= 11 is 0. The molecule has 0 heterocycles. The molecule has 0 aromatic heterocycles. The van der Waals surface area contributed by atoms with Gasteiger partial charge < -0.3 is 20.3 Å². The van der Waals surface area contributed by atoms with E-state index in [1.54, 1.807) is 38.4 Å². The summed E-state index contributed by atoms with van der Waals surface area (Å²) in [7, 11) is 3.25. The van der Waals surface area contributed by atoms with Crippen LogP contribution >= 0.6 is 0 Å². The predicted octanol–water partition coefficient (Wildman–Crippen LogP) is -0.616. The number of carbonyl (C=O) groups is 3. The number of benzene rings is 1. The van der Waals surface area contributed by atoms with Gasteiger partial charge in [0.15, 0.2) is 13.1 Å². The highest BCUT2D eigenvalue weighted by atomic mass is 16.5. The number of ether oxygens (including phenoxy) is 1. The van der Waals surface area contributed by atoms with Crippen LogP contribution in [0.5, 0.6) is 5.75 Å². The number of hydrogen-bond donors (Lipinski definition) is 4. The van der Waals surface area contributed by atoms with Gasteiger partial charge in [0.25, 0.3) is 11.8 Å². The lowest BCUT2D eigenvalue weighted by Crippen LogP contribution is -3.11. The molecule has 132 valence electrons. The van der Waals surface area contributed by atoms with Crippen LogP contribution in [0.2, 0.25) is 0 Å². The summed E-state index contributed by atoms with van der Waals surface area (Å²) in [5, 5.41) is 7.51. The van der Waals surface area contributed by atoms with Crippen molar-refractivity contribution in [2.45, 2.75) is 13.3 Å². The van der Waals surface area contributed by atoms with E-state index in [-0.39, 0.29) is 19.0 Å². The van der Waals surface area contributed by atoms with Crippen molar-refractivity contribution in [3.63, 3.8) is 0 Å². The predicted molar refractivity (Wildman–Crippen MR) is 90.1 cm³/mol. The van der Waals surface area contributed by atoms with Crippen molar-refractivity contribution in [2.24, 2.45) is 0 Å². The third-order valence-corrected chi connectivity index (χ3v) is 3.07. The number of methoxy groups -OCH3 is 1. The molecule has 24 heavy (non-hydrogen) atoms. The second kappa shape index (κ2) is 10.2. The van der Waals surface area contributed by atoms with Gasteiger partial charge in [-0.25, -0.2) is 4.79 Å². The molecule has 0 saturated carbocycles. The van der Waals surface area contributed by atoms with Crippen LogP contribution in [0.25, 0.3) is 0 Å². The number of rotatable bonds is 8. The summed E-state index contributed by atoms with van der Waals surface area (Å²) < 4.78 is 5.09. The smallest absolute Gasteiger partial charge is 0.321 e. The molecule has 0 bridgehead atoms. The average molecular weight is 337 g/mol. The first-order valence-corrected chi connectivity index (χ1v) is 7.77. The molecule has 1 aromatic rings. The molecule has 0 aliphatic heterocycles. The lowest BCUT2D eigenvalue weighted by atomic mass is 10.3. The average Bonchev–Trinajstić information content (AvgIpc) is 2.52. The summed E-state index contributed by atoms with van der Waals surface area (Å²) in [5.41, 5.74) is 0.621. The van der Waals surface area contributed by atoms with Crippen molar-refractivity contribution < 1.29 is 24.0 Å². The van der Waals surface area contributed by atoms with Gasteiger partial charge in [-0.05, 0) is 18.6 Å². The number of anilines is 1. The number of amides is 4. The van der Waals surface area contributed by atoms with Gasteiger partial charge in [0.2, 0.25) is 0 Å². The fourth-order valence-corrected chi connectivity index (χ4v) is 1.97. The van der Waals surface area contributed by atoms with Gasteiger partial charge in [0.1, 0.15) is 5.75 Å². The fourth-order valence-electron chi connectivity index (χ4n) is 1.97. The van der Waals surface area contributed by atoms with Crippen molar-refractivity contribution in [1.29, 1.82) is 0 Å². The van der Waals surface area contributed by atoms with Gasteiger partial charge >= 0.3 is 6.03 Å². The van der Waals surface area contributed by atoms with Gasteiger partial charge in [-0.15, -0.1) is 0 Å². The molecular formula is C16H25N4O4+. The minimum Gasteiger partial charge on any atom is -0.497 e. The van der Waals surface area contributed by atoms with Gasteiger partial charge in [-0.1, -0.05) is 13.0 Å². The Labute approximate surface area is 141 Å². The van der Waals surface area contributed by atoms with E-state index in [1.165, 1.54) is 0 Å². The first kappa shape index (κ1) is 19.4. The lowest BCUT2D eigenvalue weighted by Gasteiger charge is -2.14. The van der Waals surface area contributed by atoms with Crippen LogP contribution in [0.4, 0.5) is 10.5 Å². The maximum absolute atomic E-state index is 12.0. The van der Waals surface area contributed by atoms with E-state index in [0.29, 0.717) is 22.9 Å². The maximum Gasteiger partial charge on any atom is 0.321 e. The number of urea groups is 1. The molecule has 8 heteroatoms. The molecule has 1 atom stereocenters. The Balaban J connectivity index is 2.38. The first-order chi connectivity index (χ1) is 11.4. The molecule has 0 aliphatic carbocycles. The third kappa shape index (κ3) is 7.59. The van der Waals surface area contributed by atoms with E-state index >= 15 is 0 Å². The topological polar surface area (TPSA) is 101 Å². The number of nitrogens with one attached hydrogen (secondary N) is 4. The third-order valence-electron chi connectivity index (χ3n) is 3.07. The lowest BCUT2D eigenvalue weighted by molar-refractivity contribution is -0.862. The maximum atomic E-state index is 12.0. The molecule has 4 amide bonds. The zero-order valence-corrected chi connectivity index (χ0v) is 14.3. The SMILES string of the molecule is CCCNC(=O)NC(=O)C[NH+](C)CC(=O)Nc1cccc(OC)c1. The standard InChI is InChI=1S/C16H24N4O4/c1-4-8-17-16(23)19-15(22)11-20(2)10-14(21)18-12-6-5-7-13(9-12)24-3/h5-7,9H,4,8,10-11H2,1-3H3,(H,18,21)(H2,17,19,22,23)/p+1. The highest BCUT2D eigenvalue weighted by molar-refractivity contribution is 5.95. The Bertz CT molecular complexity index is 577. The molecule has 0 saturated heterocycles. The summed E-state index contributed by atoms with van der Waals surface area (Å²) in [6, 6.07) is 6.49. The first-order valence-electron chi connectivity index (χ1n) is 7.77. The van der Waals surface area contributed by atoms with E-state index in [9.17, 15) is 14.4 Å². The van der Waals surface area contributed by atoms with E-state index in [0.717, 1.165) is 6.42 Å². The summed E-state index contributed by atoms with van der Waals surface area (Å²) in [5.74, 6) is -0.0229. The Kier molecular flexibility index (Phi) is 8.28. The summed E-state index contributed by atoms with van der Waals surface area (Å²) in [6.45, 7) is 2.54. The van der Waals surface area contributed by atoms with Gasteiger partial charge in [0, 0.05) is 18.3 Å². The monoisotopic (exact) mass is 337 g/mol. The minimum atomic E-state index is -0.518. The second-order valence-electron chi connectivity index (χ2n) is 5.39. The highest BCUT2D eigenvalue weighted by Gasteiger charge is 2.16. The Hall–Kier alpha value is -2.61. The molecule has 0 fully saturated rings. The fraction of sp³-hybridized carbons (Fsp3) is 0.438. The zero-order valence-electron chi connectivity index (χ0n) is 14.3. The van der Waals surface area contributed by atoms with Crippen LogP contribution in [0, 0.1) is 0 Å². The molecular weight excluding hydrogens is 312 g/mol. The minimum absolute atomic E-state index is 0.0189. The summed E-state index contributed by atoms with van der Waals surface area (Å²) in [4.78, 5) is 35.7. The quantitative estimate of drug-likeness (QED) is 0.508. The zero-order chi connectivity index (χ0) is 17.9. The van der Waals surface area contributed by atoms with Crippen molar-refractivity contribution in [1.82, 2.24) is 10.6 Å². The molecule has 8 nitrogen and oxygen atoms in total. The van der Waals surface area contributed by atoms with Crippen LogP contribution in [0.15, 0.2) is 24.3 Å². The number of carbonyl (C=O) groups excluding carboxylic acids is 3. The molecule has 1 aromatic carbocycles. The van der Waals surface area contributed by atoms with Crippen molar-refractivity contribution >= 4 is 23.5 Å². The van der Waals surface area contributed by atoms with E-state index in [1.807, 2.05) is 6.92 Å². The van der Waals surface area contributed by atoms with E-state index in [4.69, 9.17) is 4.74 Å². The van der Waals surface area contributed by atoms with Crippen LogP contribution < -0.4 is 25.6 Å². The van der Waals surface area contributed by atoms with Crippen LogP contribution in [0.1, 0.15) is 13.3 Å². The number of likely N-dealkylation sites (N-methyl/N-ethyl adjacent to an activating group) is 1. The normalized spacial score (nSPS) is 11.3. The molecule has 0 spiro atoms. The van der Waals surface area contributed by atoms with Crippen molar-refractivity contribution in [3.05, 3.63) is 24.3 Å². The van der Waals surface area contributed by atoms with Gasteiger partial charge in [0.05, 0.1) is 14.2 Å². The Morgan fingerprint density at radius 2 is 1.88 bits per heavy atom. The number of imide groups is 1.